The normalized spacial score (nSPS) is 22.9. The molecule has 0 aliphatic carbocycles. The van der Waals surface area contributed by atoms with E-state index in [1.54, 1.807) is 0 Å². The fourth-order valence-corrected chi connectivity index (χ4v) is 1.59. The molecule has 1 saturated heterocycles. The van der Waals surface area contributed by atoms with Gasteiger partial charge in [-0.2, -0.15) is 0 Å². The van der Waals surface area contributed by atoms with E-state index in [2.05, 4.69) is 6.92 Å². The van der Waals surface area contributed by atoms with Crippen LogP contribution in [0, 0.1) is 0 Å². The standard InChI is InChI=1S/C14H28O6/c1-2-3-4-15-9-11-19-14-13-18-8-7-16-5-6-17-10-12-20-14/h14H,2-13H2,1H3/t14-/m0/s1. The van der Waals surface area contributed by atoms with Gasteiger partial charge in [-0.05, 0) is 6.42 Å². The molecule has 1 rings (SSSR count). The van der Waals surface area contributed by atoms with Crippen LogP contribution in [0.1, 0.15) is 19.8 Å². The third-order valence-corrected chi connectivity index (χ3v) is 2.70. The van der Waals surface area contributed by atoms with Gasteiger partial charge in [0.05, 0.1) is 59.5 Å². The maximum Gasteiger partial charge on any atom is 0.181 e. The van der Waals surface area contributed by atoms with E-state index in [0.717, 1.165) is 19.4 Å². The molecule has 0 radical (unpaired) electrons. The van der Waals surface area contributed by atoms with Gasteiger partial charge in [0.1, 0.15) is 0 Å². The molecule has 1 aliphatic rings. The smallest absolute Gasteiger partial charge is 0.181 e. The summed E-state index contributed by atoms with van der Waals surface area (Å²) in [6.45, 7) is 7.73. The predicted molar refractivity (Wildman–Crippen MR) is 73.9 cm³/mol. The lowest BCUT2D eigenvalue weighted by molar-refractivity contribution is -0.188. The van der Waals surface area contributed by atoms with Crippen LogP contribution < -0.4 is 0 Å². The van der Waals surface area contributed by atoms with Gasteiger partial charge < -0.3 is 28.4 Å². The highest BCUT2D eigenvalue weighted by Crippen LogP contribution is 1.99. The molecule has 0 spiro atoms. The summed E-state index contributed by atoms with van der Waals surface area (Å²) in [5.74, 6) is 0. The average Bonchev–Trinajstić information content (AvgIpc) is 2.45. The van der Waals surface area contributed by atoms with E-state index in [1.807, 2.05) is 0 Å². The molecular formula is C14H28O6. The summed E-state index contributed by atoms with van der Waals surface area (Å²) in [7, 11) is 0. The first-order chi connectivity index (χ1) is 9.93. The van der Waals surface area contributed by atoms with Crippen molar-refractivity contribution >= 4 is 0 Å². The lowest BCUT2D eigenvalue weighted by Gasteiger charge is -2.19. The Hall–Kier alpha value is -0.240. The van der Waals surface area contributed by atoms with Crippen LogP contribution in [0.2, 0.25) is 0 Å². The highest BCUT2D eigenvalue weighted by molar-refractivity contribution is 4.46. The zero-order valence-electron chi connectivity index (χ0n) is 12.5. The highest BCUT2D eigenvalue weighted by Gasteiger charge is 2.10. The summed E-state index contributed by atoms with van der Waals surface area (Å²) in [5.41, 5.74) is 0. The Morgan fingerprint density at radius 1 is 0.850 bits per heavy atom. The lowest BCUT2D eigenvalue weighted by atomic mass is 10.4. The second-order valence-electron chi connectivity index (χ2n) is 4.44. The molecular weight excluding hydrogens is 264 g/mol. The first-order valence-electron chi connectivity index (χ1n) is 7.47. The zero-order valence-corrected chi connectivity index (χ0v) is 12.5. The van der Waals surface area contributed by atoms with Crippen molar-refractivity contribution in [3.8, 4) is 0 Å². The Balaban J connectivity index is 2.08. The molecule has 0 bridgehead atoms. The van der Waals surface area contributed by atoms with E-state index < -0.39 is 0 Å². The van der Waals surface area contributed by atoms with Crippen molar-refractivity contribution in [2.24, 2.45) is 0 Å². The summed E-state index contributed by atoms with van der Waals surface area (Å²) >= 11 is 0. The molecule has 0 unspecified atom stereocenters. The number of hydrogen-bond acceptors (Lipinski definition) is 6. The minimum Gasteiger partial charge on any atom is -0.379 e. The Morgan fingerprint density at radius 3 is 2.30 bits per heavy atom. The average molecular weight is 292 g/mol. The lowest BCUT2D eigenvalue weighted by Crippen LogP contribution is -2.28. The van der Waals surface area contributed by atoms with Crippen molar-refractivity contribution in [2.45, 2.75) is 26.1 Å². The summed E-state index contributed by atoms with van der Waals surface area (Å²) in [6.07, 6.45) is 1.86. The van der Waals surface area contributed by atoms with Crippen molar-refractivity contribution in [3.63, 3.8) is 0 Å². The maximum atomic E-state index is 5.60. The number of unbranched alkanes of at least 4 members (excludes halogenated alkanes) is 1. The van der Waals surface area contributed by atoms with E-state index in [4.69, 9.17) is 28.4 Å². The van der Waals surface area contributed by atoms with Gasteiger partial charge >= 0.3 is 0 Å². The molecule has 1 aliphatic heterocycles. The molecule has 0 aromatic rings. The first-order valence-corrected chi connectivity index (χ1v) is 7.47. The predicted octanol–water partition coefficient (Wildman–Crippen LogP) is 1.23. The van der Waals surface area contributed by atoms with Crippen LogP contribution in [0.25, 0.3) is 0 Å². The number of ether oxygens (including phenoxy) is 6. The van der Waals surface area contributed by atoms with Crippen LogP contribution in [0.5, 0.6) is 0 Å². The monoisotopic (exact) mass is 292 g/mol. The van der Waals surface area contributed by atoms with Crippen LogP contribution in [0.3, 0.4) is 0 Å². The van der Waals surface area contributed by atoms with Crippen LogP contribution in [-0.4, -0.2) is 72.4 Å². The van der Waals surface area contributed by atoms with E-state index in [-0.39, 0.29) is 6.29 Å². The van der Waals surface area contributed by atoms with Crippen molar-refractivity contribution in [3.05, 3.63) is 0 Å². The van der Waals surface area contributed by atoms with E-state index in [1.165, 1.54) is 0 Å². The Kier molecular flexibility index (Phi) is 12.2. The van der Waals surface area contributed by atoms with Crippen LogP contribution in [-0.2, 0) is 28.4 Å². The maximum absolute atomic E-state index is 5.60. The minimum atomic E-state index is -0.368. The minimum absolute atomic E-state index is 0.368. The summed E-state index contributed by atoms with van der Waals surface area (Å²) in [4.78, 5) is 0. The van der Waals surface area contributed by atoms with Gasteiger partial charge in [0.2, 0.25) is 0 Å². The number of rotatable bonds is 7. The van der Waals surface area contributed by atoms with E-state index in [9.17, 15) is 0 Å². The van der Waals surface area contributed by atoms with E-state index in [0.29, 0.717) is 59.5 Å². The molecule has 120 valence electrons. The molecule has 0 saturated carbocycles. The van der Waals surface area contributed by atoms with Gasteiger partial charge in [-0.15, -0.1) is 0 Å². The van der Waals surface area contributed by atoms with Crippen molar-refractivity contribution < 1.29 is 28.4 Å². The second kappa shape index (κ2) is 13.7. The van der Waals surface area contributed by atoms with Gasteiger partial charge in [0, 0.05) is 6.61 Å². The molecule has 1 heterocycles. The number of hydrogen-bond donors (Lipinski definition) is 0. The van der Waals surface area contributed by atoms with Gasteiger partial charge in [0.25, 0.3) is 0 Å². The van der Waals surface area contributed by atoms with Crippen LogP contribution >= 0.6 is 0 Å². The Bertz CT molecular complexity index is 190. The largest absolute Gasteiger partial charge is 0.379 e. The third kappa shape index (κ3) is 10.5. The topological polar surface area (TPSA) is 55.4 Å². The van der Waals surface area contributed by atoms with Crippen molar-refractivity contribution in [2.75, 3.05) is 66.1 Å². The van der Waals surface area contributed by atoms with Crippen molar-refractivity contribution in [1.82, 2.24) is 0 Å². The second-order valence-corrected chi connectivity index (χ2v) is 4.44. The fraction of sp³-hybridized carbons (Fsp3) is 1.00. The van der Waals surface area contributed by atoms with Gasteiger partial charge in [-0.25, -0.2) is 0 Å². The van der Waals surface area contributed by atoms with Crippen molar-refractivity contribution in [1.29, 1.82) is 0 Å². The molecule has 0 aromatic heterocycles. The quantitative estimate of drug-likeness (QED) is 0.658. The molecule has 20 heavy (non-hydrogen) atoms. The SMILES string of the molecule is CCCCOCCO[C@@H]1COCCOCCOCCO1. The molecule has 1 atom stereocenters. The van der Waals surface area contributed by atoms with E-state index >= 15 is 0 Å². The summed E-state index contributed by atoms with van der Waals surface area (Å²) in [6, 6.07) is 0. The van der Waals surface area contributed by atoms with Gasteiger partial charge in [-0.3, -0.25) is 0 Å². The third-order valence-electron chi connectivity index (χ3n) is 2.70. The molecule has 6 heteroatoms. The molecule has 0 aromatic carbocycles. The molecule has 0 amide bonds. The molecule has 1 fully saturated rings. The summed E-state index contributed by atoms with van der Waals surface area (Å²) < 4.78 is 32.7. The Labute approximate surface area is 121 Å². The summed E-state index contributed by atoms with van der Waals surface area (Å²) in [5, 5.41) is 0. The Morgan fingerprint density at radius 2 is 1.55 bits per heavy atom. The molecule has 0 N–H and O–H groups in total. The van der Waals surface area contributed by atoms with Gasteiger partial charge in [-0.1, -0.05) is 13.3 Å². The first kappa shape index (κ1) is 17.8. The highest BCUT2D eigenvalue weighted by atomic mass is 16.7. The van der Waals surface area contributed by atoms with Crippen LogP contribution in [0.15, 0.2) is 0 Å². The van der Waals surface area contributed by atoms with Gasteiger partial charge in [0.15, 0.2) is 6.29 Å². The fourth-order valence-electron chi connectivity index (χ4n) is 1.59. The zero-order chi connectivity index (χ0) is 14.3. The van der Waals surface area contributed by atoms with Crippen LogP contribution in [0.4, 0.5) is 0 Å². The molecule has 6 nitrogen and oxygen atoms in total.